The molecule has 0 amide bonds. The van der Waals surface area contributed by atoms with E-state index in [1.807, 2.05) is 11.8 Å². The first-order valence-electron chi connectivity index (χ1n) is 5.71. The van der Waals surface area contributed by atoms with Crippen LogP contribution < -0.4 is 5.32 Å². The van der Waals surface area contributed by atoms with Gasteiger partial charge in [-0.2, -0.15) is 11.8 Å². The summed E-state index contributed by atoms with van der Waals surface area (Å²) in [7, 11) is 0. The lowest BCUT2D eigenvalue weighted by Crippen LogP contribution is -2.24. The molecule has 0 aliphatic carbocycles. The summed E-state index contributed by atoms with van der Waals surface area (Å²) in [5.74, 6) is 2.22. The van der Waals surface area contributed by atoms with Crippen LogP contribution in [0.2, 0.25) is 0 Å². The van der Waals surface area contributed by atoms with Gasteiger partial charge in [-0.25, -0.2) is 9.37 Å². The van der Waals surface area contributed by atoms with Gasteiger partial charge >= 0.3 is 0 Å². The average molecular weight is 268 g/mol. The fourth-order valence-corrected chi connectivity index (χ4v) is 4.01. The molecule has 1 fully saturated rings. The van der Waals surface area contributed by atoms with Gasteiger partial charge in [-0.3, -0.25) is 0 Å². The van der Waals surface area contributed by atoms with Gasteiger partial charge in [0, 0.05) is 12.1 Å². The van der Waals surface area contributed by atoms with Crippen molar-refractivity contribution in [1.29, 1.82) is 0 Å². The number of anilines is 1. The molecule has 1 aliphatic rings. The molecular weight excluding hydrogens is 255 g/mol. The molecule has 0 saturated carbocycles. The zero-order valence-electron chi connectivity index (χ0n) is 9.28. The molecule has 0 radical (unpaired) electrons. The number of nitrogens with zero attached hydrogens (tertiary/aromatic N) is 1. The summed E-state index contributed by atoms with van der Waals surface area (Å²) in [6, 6.07) is 5.31. The SMILES string of the molecule is Fc1ccc2sc(NC3CCSCC3)nc2c1. The highest BCUT2D eigenvalue weighted by molar-refractivity contribution is 7.99. The Bertz CT molecular complexity index is 520. The summed E-state index contributed by atoms with van der Waals surface area (Å²) in [5.41, 5.74) is 0.752. The second-order valence-corrected chi connectivity index (χ2v) is 6.42. The van der Waals surface area contributed by atoms with Crippen LogP contribution in [0.15, 0.2) is 18.2 Å². The molecule has 3 rings (SSSR count). The first kappa shape index (κ1) is 11.3. The summed E-state index contributed by atoms with van der Waals surface area (Å²) in [6.07, 6.45) is 2.38. The molecule has 1 saturated heterocycles. The van der Waals surface area contributed by atoms with Crippen molar-refractivity contribution in [3.05, 3.63) is 24.0 Å². The third-order valence-corrected chi connectivity index (χ3v) is 4.91. The molecule has 0 spiro atoms. The molecule has 1 N–H and O–H groups in total. The lowest BCUT2D eigenvalue weighted by molar-refractivity contribution is 0.629. The lowest BCUT2D eigenvalue weighted by Gasteiger charge is -2.21. The van der Waals surface area contributed by atoms with Crippen LogP contribution in [-0.4, -0.2) is 22.5 Å². The van der Waals surface area contributed by atoms with Crippen LogP contribution in [0.4, 0.5) is 9.52 Å². The number of thioether (sulfide) groups is 1. The largest absolute Gasteiger partial charge is 0.359 e. The van der Waals surface area contributed by atoms with Crippen molar-refractivity contribution in [2.75, 3.05) is 16.8 Å². The fraction of sp³-hybridized carbons (Fsp3) is 0.417. The van der Waals surface area contributed by atoms with Crippen LogP contribution in [0.5, 0.6) is 0 Å². The van der Waals surface area contributed by atoms with Gasteiger partial charge in [-0.1, -0.05) is 11.3 Å². The molecule has 1 aromatic carbocycles. The number of rotatable bonds is 2. The fourth-order valence-electron chi connectivity index (χ4n) is 1.98. The first-order chi connectivity index (χ1) is 8.31. The molecule has 5 heteroatoms. The van der Waals surface area contributed by atoms with E-state index in [0.717, 1.165) is 15.3 Å². The summed E-state index contributed by atoms with van der Waals surface area (Å²) < 4.78 is 14.1. The maximum Gasteiger partial charge on any atom is 0.184 e. The Morgan fingerprint density at radius 2 is 2.12 bits per heavy atom. The molecule has 2 aromatic rings. The third-order valence-electron chi connectivity index (χ3n) is 2.90. The second kappa shape index (κ2) is 4.82. The van der Waals surface area contributed by atoms with Crippen LogP contribution in [0, 0.1) is 5.82 Å². The number of fused-ring (bicyclic) bond motifs is 1. The molecule has 2 nitrogen and oxygen atoms in total. The Labute approximate surface area is 108 Å². The summed E-state index contributed by atoms with van der Waals surface area (Å²) in [6.45, 7) is 0. The van der Waals surface area contributed by atoms with Gasteiger partial charge in [0.25, 0.3) is 0 Å². The van der Waals surface area contributed by atoms with Gasteiger partial charge in [0.2, 0.25) is 0 Å². The lowest BCUT2D eigenvalue weighted by atomic mass is 10.2. The Morgan fingerprint density at radius 1 is 1.29 bits per heavy atom. The highest BCUT2D eigenvalue weighted by Crippen LogP contribution is 2.28. The maximum atomic E-state index is 13.0. The second-order valence-electron chi connectivity index (χ2n) is 4.16. The normalized spacial score (nSPS) is 17.5. The van der Waals surface area contributed by atoms with E-state index >= 15 is 0 Å². The van der Waals surface area contributed by atoms with Gasteiger partial charge in [-0.15, -0.1) is 0 Å². The molecular formula is C12H13FN2S2. The van der Waals surface area contributed by atoms with E-state index in [9.17, 15) is 4.39 Å². The standard InChI is InChI=1S/C12H13FN2S2/c13-8-1-2-11-10(7-8)15-12(17-11)14-9-3-5-16-6-4-9/h1-2,7,9H,3-6H2,(H,14,15). The van der Waals surface area contributed by atoms with Crippen molar-refractivity contribution < 1.29 is 4.39 Å². The van der Waals surface area contributed by atoms with Crippen LogP contribution in [-0.2, 0) is 0 Å². The molecule has 1 aliphatic heterocycles. The molecule has 0 unspecified atom stereocenters. The van der Waals surface area contributed by atoms with Gasteiger partial charge in [0.15, 0.2) is 5.13 Å². The predicted molar refractivity (Wildman–Crippen MR) is 73.5 cm³/mol. The summed E-state index contributed by atoms with van der Waals surface area (Å²) in [5, 5.41) is 4.38. The number of hydrogen-bond acceptors (Lipinski definition) is 4. The van der Waals surface area contributed by atoms with E-state index in [0.29, 0.717) is 6.04 Å². The molecule has 17 heavy (non-hydrogen) atoms. The first-order valence-corrected chi connectivity index (χ1v) is 7.69. The van der Waals surface area contributed by atoms with Crippen molar-refractivity contribution in [2.45, 2.75) is 18.9 Å². The minimum absolute atomic E-state index is 0.219. The minimum atomic E-state index is -0.219. The molecule has 1 aromatic heterocycles. The highest BCUT2D eigenvalue weighted by atomic mass is 32.2. The van der Waals surface area contributed by atoms with E-state index in [1.165, 1.54) is 36.5 Å². The molecule has 90 valence electrons. The van der Waals surface area contributed by atoms with Crippen LogP contribution >= 0.6 is 23.1 Å². The Balaban J connectivity index is 1.80. The number of nitrogens with one attached hydrogen (secondary N) is 1. The number of thiazole rings is 1. The summed E-state index contributed by atoms with van der Waals surface area (Å²) in [4.78, 5) is 4.43. The zero-order chi connectivity index (χ0) is 11.7. The van der Waals surface area contributed by atoms with Crippen molar-refractivity contribution in [3.8, 4) is 0 Å². The smallest absolute Gasteiger partial charge is 0.184 e. The third kappa shape index (κ3) is 2.55. The number of aromatic nitrogens is 1. The van der Waals surface area contributed by atoms with Crippen LogP contribution in [0.1, 0.15) is 12.8 Å². The monoisotopic (exact) mass is 268 g/mol. The van der Waals surface area contributed by atoms with E-state index in [4.69, 9.17) is 0 Å². The quantitative estimate of drug-likeness (QED) is 0.898. The van der Waals surface area contributed by atoms with Gasteiger partial charge < -0.3 is 5.32 Å². The van der Waals surface area contributed by atoms with Gasteiger partial charge in [0.1, 0.15) is 5.82 Å². The predicted octanol–water partition coefficient (Wildman–Crippen LogP) is 3.74. The van der Waals surface area contributed by atoms with Crippen LogP contribution in [0.3, 0.4) is 0 Å². The van der Waals surface area contributed by atoms with E-state index in [-0.39, 0.29) is 5.82 Å². The van der Waals surface area contributed by atoms with E-state index in [1.54, 1.807) is 17.4 Å². The molecule has 0 atom stereocenters. The topological polar surface area (TPSA) is 24.9 Å². The van der Waals surface area contributed by atoms with Crippen molar-refractivity contribution in [3.63, 3.8) is 0 Å². The van der Waals surface area contributed by atoms with Gasteiger partial charge in [-0.05, 0) is 36.5 Å². The van der Waals surface area contributed by atoms with Crippen molar-refractivity contribution in [1.82, 2.24) is 4.98 Å². The van der Waals surface area contributed by atoms with Crippen molar-refractivity contribution in [2.24, 2.45) is 0 Å². The Kier molecular flexibility index (Phi) is 3.20. The average Bonchev–Trinajstić information content (AvgIpc) is 2.71. The number of hydrogen-bond donors (Lipinski definition) is 1. The summed E-state index contributed by atoms with van der Waals surface area (Å²) >= 11 is 3.61. The number of halogens is 1. The van der Waals surface area contributed by atoms with E-state index in [2.05, 4.69) is 10.3 Å². The minimum Gasteiger partial charge on any atom is -0.359 e. The maximum absolute atomic E-state index is 13.0. The van der Waals surface area contributed by atoms with Gasteiger partial charge in [0.05, 0.1) is 10.2 Å². The van der Waals surface area contributed by atoms with Crippen LogP contribution in [0.25, 0.3) is 10.2 Å². The molecule has 0 bridgehead atoms. The zero-order valence-corrected chi connectivity index (χ0v) is 10.9. The Morgan fingerprint density at radius 3 is 2.94 bits per heavy atom. The Hall–Kier alpha value is -0.810. The van der Waals surface area contributed by atoms with E-state index < -0.39 is 0 Å². The van der Waals surface area contributed by atoms with Crippen molar-refractivity contribution >= 4 is 38.4 Å². The highest BCUT2D eigenvalue weighted by Gasteiger charge is 2.15. The molecule has 2 heterocycles. The number of benzene rings is 1.